The summed E-state index contributed by atoms with van der Waals surface area (Å²) in [5.74, 6) is 0.111. The number of tetrazole rings is 1. The number of aryl methyl sites for hydroxylation is 2. The van der Waals surface area contributed by atoms with Crippen molar-refractivity contribution in [2.24, 2.45) is 5.92 Å². The smallest absolute Gasteiger partial charge is 0.416 e. The van der Waals surface area contributed by atoms with Crippen molar-refractivity contribution < 1.29 is 35.9 Å². The number of H-pyrrole nitrogens is 1. The molecule has 0 fully saturated rings. The molecule has 14 heteroatoms. The number of amides is 1. The van der Waals surface area contributed by atoms with E-state index in [-0.39, 0.29) is 36.1 Å². The van der Waals surface area contributed by atoms with Crippen molar-refractivity contribution in [3.63, 3.8) is 0 Å². The molecule has 1 unspecified atom stereocenters. The molecule has 0 radical (unpaired) electrons. The highest BCUT2D eigenvalue weighted by Crippen LogP contribution is 2.43. The molecule has 2 aromatic carbocycles. The summed E-state index contributed by atoms with van der Waals surface area (Å²) in [5, 5.41) is 14.1. The number of halogens is 6. The number of fused-ring (bicyclic) bond motifs is 2. The van der Waals surface area contributed by atoms with Gasteiger partial charge in [-0.25, -0.2) is 4.79 Å². The van der Waals surface area contributed by atoms with Gasteiger partial charge >= 0.3 is 18.4 Å². The first-order valence-electron chi connectivity index (χ1n) is 14.7. The number of alkyl halides is 6. The van der Waals surface area contributed by atoms with Gasteiger partial charge < -0.3 is 9.64 Å². The van der Waals surface area contributed by atoms with Gasteiger partial charge in [0.1, 0.15) is 6.10 Å². The Kier molecular flexibility index (Phi) is 8.81. The second-order valence-corrected chi connectivity index (χ2v) is 11.7. The molecule has 5 rings (SSSR count). The molecule has 2 aliphatic rings. The van der Waals surface area contributed by atoms with E-state index in [2.05, 4.69) is 20.6 Å². The minimum Gasteiger partial charge on any atom is -0.446 e. The number of nitrogens with zero attached hydrogens (tertiary/aromatic N) is 5. The van der Waals surface area contributed by atoms with Crippen LogP contribution >= 0.6 is 0 Å². The fourth-order valence-corrected chi connectivity index (χ4v) is 6.15. The van der Waals surface area contributed by atoms with E-state index < -0.39 is 35.6 Å². The number of carbonyl (C=O) groups is 1. The van der Waals surface area contributed by atoms with E-state index in [1.165, 1.54) is 0 Å². The van der Waals surface area contributed by atoms with E-state index in [1.54, 1.807) is 9.80 Å². The van der Waals surface area contributed by atoms with Crippen LogP contribution < -0.4 is 9.80 Å². The average molecular weight is 625 g/mol. The maximum Gasteiger partial charge on any atom is 0.416 e. The Hall–Kier alpha value is -3.84. The monoisotopic (exact) mass is 624 g/mol. The Morgan fingerprint density at radius 1 is 1.02 bits per heavy atom. The predicted molar refractivity (Wildman–Crippen MR) is 150 cm³/mol. The van der Waals surface area contributed by atoms with Crippen LogP contribution in [0, 0.1) is 5.92 Å². The fraction of sp³-hybridized carbons (Fsp3) is 0.533. The molecule has 2 atom stereocenters. The van der Waals surface area contributed by atoms with Crippen molar-refractivity contribution in [2.75, 3.05) is 16.3 Å². The van der Waals surface area contributed by atoms with Gasteiger partial charge in [0, 0.05) is 13.1 Å². The first-order valence-corrected chi connectivity index (χ1v) is 14.7. The lowest BCUT2D eigenvalue weighted by Gasteiger charge is -2.33. The van der Waals surface area contributed by atoms with Gasteiger partial charge in [0.2, 0.25) is 0 Å². The third-order valence-electron chi connectivity index (χ3n) is 8.34. The normalized spacial score (nSPS) is 17.7. The minimum absolute atomic E-state index is 0.00861. The average Bonchev–Trinajstić information content (AvgIpc) is 3.62. The zero-order valence-corrected chi connectivity index (χ0v) is 24.6. The maximum absolute atomic E-state index is 13.7. The molecule has 238 valence electrons. The molecule has 1 amide bonds. The van der Waals surface area contributed by atoms with Crippen molar-refractivity contribution in [2.45, 2.75) is 90.3 Å². The highest BCUT2D eigenvalue weighted by Gasteiger charge is 2.39. The van der Waals surface area contributed by atoms with Crippen LogP contribution in [-0.2, 0) is 36.5 Å². The Balaban J connectivity index is 1.60. The van der Waals surface area contributed by atoms with E-state index in [1.807, 2.05) is 32.9 Å². The molecule has 1 aromatic heterocycles. The summed E-state index contributed by atoms with van der Waals surface area (Å²) in [5.41, 5.74) is 0.456. The summed E-state index contributed by atoms with van der Waals surface area (Å²) in [6, 6.07) is 4.90. The van der Waals surface area contributed by atoms with Crippen LogP contribution in [0.2, 0.25) is 0 Å². The lowest BCUT2D eigenvalue weighted by Crippen LogP contribution is -2.36. The summed E-state index contributed by atoms with van der Waals surface area (Å²) in [7, 11) is 0. The zero-order chi connectivity index (χ0) is 31.8. The van der Waals surface area contributed by atoms with Crippen LogP contribution in [0.4, 0.5) is 42.8 Å². The van der Waals surface area contributed by atoms with E-state index in [9.17, 15) is 31.1 Å². The molecular weight excluding hydrogens is 590 g/mol. The minimum atomic E-state index is -4.99. The van der Waals surface area contributed by atoms with Crippen molar-refractivity contribution in [3.05, 3.63) is 63.7 Å². The van der Waals surface area contributed by atoms with Gasteiger partial charge in [0.25, 0.3) is 5.95 Å². The number of hydrogen-bond acceptors (Lipinski definition) is 6. The lowest BCUT2D eigenvalue weighted by molar-refractivity contribution is -0.143. The van der Waals surface area contributed by atoms with E-state index in [4.69, 9.17) is 4.74 Å². The summed E-state index contributed by atoms with van der Waals surface area (Å²) >= 11 is 0. The van der Waals surface area contributed by atoms with Crippen molar-refractivity contribution >= 4 is 17.7 Å². The molecule has 0 bridgehead atoms. The van der Waals surface area contributed by atoms with Crippen LogP contribution in [0.15, 0.2) is 30.3 Å². The molecule has 1 aliphatic heterocycles. The number of aromatic nitrogens is 4. The molecule has 8 nitrogen and oxygen atoms in total. The number of carbonyl (C=O) groups excluding carboxylic acids is 1. The third-order valence-corrected chi connectivity index (χ3v) is 8.34. The number of nitrogens with one attached hydrogen (secondary N) is 1. The topological polar surface area (TPSA) is 87.2 Å². The van der Waals surface area contributed by atoms with Gasteiger partial charge in [-0.15, -0.1) is 5.10 Å². The second kappa shape index (κ2) is 12.3. The zero-order valence-electron chi connectivity index (χ0n) is 24.6. The molecule has 0 saturated heterocycles. The molecule has 0 spiro atoms. The highest BCUT2D eigenvalue weighted by molar-refractivity contribution is 5.89. The largest absolute Gasteiger partial charge is 0.446 e. The molecule has 3 aromatic rings. The standard InChI is InChI=1S/C30H34F6N6O2/c1-4-26(17(2)3)44-28(43)41-10-6-9-24(23-13-19-7-5-8-20(19)14-25(23)41)42(27-37-39-40-38-27)16-18-11-21(29(31,32)33)15-22(12-18)30(34,35)36/h11-15,17,24,26H,4-10,16H2,1-3H3,(H,37,38,39,40)/t24-,26?/m0/s1. The number of ether oxygens (including phenoxy) is 1. The first kappa shape index (κ1) is 31.6. The third kappa shape index (κ3) is 6.63. The van der Waals surface area contributed by atoms with Crippen LogP contribution in [0.3, 0.4) is 0 Å². The Bertz CT molecular complexity index is 1440. The van der Waals surface area contributed by atoms with Gasteiger partial charge in [-0.05, 0) is 96.2 Å². The Morgan fingerprint density at radius 2 is 1.68 bits per heavy atom. The van der Waals surface area contributed by atoms with E-state index in [0.29, 0.717) is 49.2 Å². The molecule has 1 N–H and O–H groups in total. The molecule has 1 aliphatic carbocycles. The summed E-state index contributed by atoms with van der Waals surface area (Å²) < 4.78 is 88.1. The summed E-state index contributed by atoms with van der Waals surface area (Å²) in [6.07, 6.45) is -6.67. The molecule has 44 heavy (non-hydrogen) atoms. The van der Waals surface area contributed by atoms with Crippen molar-refractivity contribution in [1.29, 1.82) is 0 Å². The van der Waals surface area contributed by atoms with Crippen LogP contribution in [0.25, 0.3) is 0 Å². The SMILES string of the molecule is CCC(OC(=O)N1CCC[C@H](N(Cc2cc(C(F)(F)F)cc(C(F)(F)F)c2)c2nn[nH]n2)c2cc3c(cc21)CCC3)C(C)C. The Labute approximate surface area is 250 Å². The van der Waals surface area contributed by atoms with Crippen molar-refractivity contribution in [1.82, 2.24) is 20.6 Å². The number of hydrogen-bond donors (Lipinski definition) is 1. The van der Waals surface area contributed by atoms with Gasteiger partial charge in [-0.1, -0.05) is 31.9 Å². The molecule has 2 heterocycles. The van der Waals surface area contributed by atoms with Crippen LogP contribution in [-0.4, -0.2) is 39.4 Å². The number of anilines is 2. The van der Waals surface area contributed by atoms with Crippen molar-refractivity contribution in [3.8, 4) is 0 Å². The lowest BCUT2D eigenvalue weighted by atomic mass is 9.95. The first-order chi connectivity index (χ1) is 20.8. The van der Waals surface area contributed by atoms with Gasteiger partial charge in [0.15, 0.2) is 0 Å². The van der Waals surface area contributed by atoms with Crippen LogP contribution in [0.5, 0.6) is 0 Å². The van der Waals surface area contributed by atoms with Crippen LogP contribution in [0.1, 0.15) is 85.9 Å². The highest BCUT2D eigenvalue weighted by atomic mass is 19.4. The summed E-state index contributed by atoms with van der Waals surface area (Å²) in [6.45, 7) is 5.84. The molecular formula is C30H34F6N6O2. The number of benzene rings is 2. The second-order valence-electron chi connectivity index (χ2n) is 11.7. The van der Waals surface area contributed by atoms with Gasteiger partial charge in [0.05, 0.1) is 22.9 Å². The summed E-state index contributed by atoms with van der Waals surface area (Å²) in [4.78, 5) is 16.7. The van der Waals surface area contributed by atoms with E-state index in [0.717, 1.165) is 30.4 Å². The van der Waals surface area contributed by atoms with Gasteiger partial charge in [-0.3, -0.25) is 4.90 Å². The quantitative estimate of drug-likeness (QED) is 0.272. The maximum atomic E-state index is 13.7. The molecule has 0 saturated carbocycles. The predicted octanol–water partition coefficient (Wildman–Crippen LogP) is 7.65. The Morgan fingerprint density at radius 3 is 2.25 bits per heavy atom. The van der Waals surface area contributed by atoms with E-state index >= 15 is 0 Å². The number of rotatable bonds is 7. The fourth-order valence-electron chi connectivity index (χ4n) is 6.15. The van der Waals surface area contributed by atoms with Gasteiger partial charge in [-0.2, -0.15) is 31.6 Å². The number of aromatic amines is 1.